The van der Waals surface area contributed by atoms with Crippen LogP contribution in [-0.2, 0) is 11.8 Å². The van der Waals surface area contributed by atoms with Gasteiger partial charge in [0.05, 0.1) is 13.7 Å². The van der Waals surface area contributed by atoms with E-state index < -0.39 is 5.97 Å². The molecule has 142 valence electrons. The Balaban J connectivity index is 2.40. The molecule has 3 aromatic rings. The lowest BCUT2D eigenvalue weighted by molar-refractivity contribution is 0.0590. The van der Waals surface area contributed by atoms with E-state index in [0.717, 1.165) is 5.56 Å². The molecule has 0 bridgehead atoms. The third kappa shape index (κ3) is 3.66. The molecule has 5 nitrogen and oxygen atoms in total. The van der Waals surface area contributed by atoms with Gasteiger partial charge in [-0.1, -0.05) is 18.1 Å². The van der Waals surface area contributed by atoms with Crippen LogP contribution >= 0.6 is 0 Å². The first-order chi connectivity index (χ1) is 13.6. The van der Waals surface area contributed by atoms with E-state index in [1.807, 2.05) is 0 Å². The molecule has 0 spiro atoms. The summed E-state index contributed by atoms with van der Waals surface area (Å²) in [7, 11) is 3.05. The molecule has 0 aliphatic rings. The number of benzene rings is 1. The summed E-state index contributed by atoms with van der Waals surface area (Å²) in [5.41, 5.74) is 3.72. The molecule has 3 rings (SSSR count). The van der Waals surface area contributed by atoms with Crippen LogP contribution in [0.1, 0.15) is 22.6 Å². The Morgan fingerprint density at radius 1 is 1.14 bits per heavy atom. The van der Waals surface area contributed by atoms with Gasteiger partial charge < -0.3 is 14.4 Å². The highest BCUT2D eigenvalue weighted by atomic mass is 19.1. The van der Waals surface area contributed by atoms with E-state index in [0.29, 0.717) is 34.5 Å². The van der Waals surface area contributed by atoms with Gasteiger partial charge in [0.25, 0.3) is 0 Å². The van der Waals surface area contributed by atoms with Gasteiger partial charge >= 0.3 is 5.97 Å². The Labute approximate surface area is 162 Å². The lowest BCUT2D eigenvalue weighted by atomic mass is 9.95. The van der Waals surface area contributed by atoms with E-state index in [1.165, 1.54) is 19.2 Å². The first-order valence-electron chi connectivity index (χ1n) is 8.65. The highest BCUT2D eigenvalue weighted by Crippen LogP contribution is 2.39. The lowest BCUT2D eigenvalue weighted by Crippen LogP contribution is -2.09. The minimum Gasteiger partial charge on any atom is -0.464 e. The molecule has 0 radical (unpaired) electrons. The number of rotatable bonds is 4. The van der Waals surface area contributed by atoms with Crippen LogP contribution in [0.25, 0.3) is 22.3 Å². The molecular weight excluding hydrogens is 359 g/mol. The Morgan fingerprint density at radius 2 is 1.79 bits per heavy atom. The monoisotopic (exact) mass is 378 g/mol. The molecule has 0 amide bonds. The Kier molecular flexibility index (Phi) is 5.87. The number of ether oxygens (including phenoxy) is 1. The molecule has 0 saturated carbocycles. The molecule has 0 fully saturated rings. The number of pyridine rings is 1. The maximum absolute atomic E-state index is 13.5. The molecule has 0 aliphatic carbocycles. The van der Waals surface area contributed by atoms with Gasteiger partial charge in [-0.05, 0) is 41.3 Å². The number of aromatic nitrogens is 2. The maximum atomic E-state index is 13.5. The Bertz CT molecular complexity index is 1050. The zero-order chi connectivity index (χ0) is 20.1. The van der Waals surface area contributed by atoms with Gasteiger partial charge in [-0.2, -0.15) is 0 Å². The van der Waals surface area contributed by atoms with Gasteiger partial charge in [-0.3, -0.25) is 4.98 Å². The number of nitrogens with zero attached hydrogens (tertiary/aromatic N) is 2. The minimum atomic E-state index is -0.507. The number of hydrogen-bond acceptors (Lipinski definition) is 4. The number of esters is 1. The number of carbonyl (C=O) groups is 1. The van der Waals surface area contributed by atoms with E-state index >= 15 is 0 Å². The van der Waals surface area contributed by atoms with Crippen molar-refractivity contribution in [1.29, 1.82) is 0 Å². The average molecular weight is 378 g/mol. The molecule has 2 heterocycles. The highest BCUT2D eigenvalue weighted by Gasteiger charge is 2.27. The summed E-state index contributed by atoms with van der Waals surface area (Å²) in [6, 6.07) is 9.60. The van der Waals surface area contributed by atoms with Crippen molar-refractivity contribution in [2.75, 3.05) is 13.7 Å². The smallest absolute Gasteiger partial charge is 0.355 e. The summed E-state index contributed by atoms with van der Waals surface area (Å²) in [6.07, 6.45) is 3.57. The van der Waals surface area contributed by atoms with Crippen LogP contribution in [0.2, 0.25) is 0 Å². The number of hydrogen-bond donors (Lipinski definition) is 1. The van der Waals surface area contributed by atoms with Gasteiger partial charge in [-0.15, -0.1) is 0 Å². The van der Waals surface area contributed by atoms with Crippen molar-refractivity contribution in [3.63, 3.8) is 0 Å². The van der Waals surface area contributed by atoms with Crippen molar-refractivity contribution < 1.29 is 19.0 Å². The third-order valence-electron chi connectivity index (χ3n) is 4.32. The molecule has 28 heavy (non-hydrogen) atoms. The van der Waals surface area contributed by atoms with Crippen LogP contribution < -0.4 is 0 Å². The van der Waals surface area contributed by atoms with Crippen molar-refractivity contribution in [3.05, 3.63) is 66.0 Å². The molecule has 2 aromatic heterocycles. The number of methoxy groups -OCH3 is 1. The van der Waals surface area contributed by atoms with E-state index in [4.69, 9.17) is 9.84 Å². The van der Waals surface area contributed by atoms with Crippen molar-refractivity contribution >= 4 is 5.97 Å². The second kappa shape index (κ2) is 8.51. The summed E-state index contributed by atoms with van der Waals surface area (Å²) in [4.78, 5) is 16.6. The Hall–Kier alpha value is -3.43. The fourth-order valence-electron chi connectivity index (χ4n) is 3.07. The first kappa shape index (κ1) is 19.3. The molecule has 1 aromatic carbocycles. The van der Waals surface area contributed by atoms with Crippen molar-refractivity contribution in [2.24, 2.45) is 7.05 Å². The van der Waals surface area contributed by atoms with Crippen LogP contribution in [0.5, 0.6) is 0 Å². The fraction of sp³-hybridized carbons (Fsp3) is 0.182. The van der Waals surface area contributed by atoms with Gasteiger partial charge in [-0.25, -0.2) is 9.18 Å². The molecule has 0 unspecified atom stereocenters. The fourth-order valence-corrected chi connectivity index (χ4v) is 3.07. The summed E-state index contributed by atoms with van der Waals surface area (Å²) >= 11 is 0. The maximum Gasteiger partial charge on any atom is 0.355 e. The average Bonchev–Trinajstić information content (AvgIpc) is 3.01. The summed E-state index contributed by atoms with van der Waals surface area (Å²) in [5.74, 6) is 5.08. The zero-order valence-corrected chi connectivity index (χ0v) is 15.6. The normalized spacial score (nSPS) is 10.3. The first-order valence-corrected chi connectivity index (χ1v) is 8.65. The predicted molar refractivity (Wildman–Crippen MR) is 104 cm³/mol. The number of halogens is 1. The van der Waals surface area contributed by atoms with Gasteiger partial charge in [0.15, 0.2) is 0 Å². The molecular formula is C22H19FN2O3. The van der Waals surface area contributed by atoms with Gasteiger partial charge in [0.1, 0.15) is 17.2 Å². The third-order valence-corrected chi connectivity index (χ3v) is 4.32. The SMILES string of the molecule is COC(=O)c1c(-c2ccncc2)c(-c2ccc(F)cc2)c(C#CCCO)n1C. The van der Waals surface area contributed by atoms with Crippen molar-refractivity contribution in [2.45, 2.75) is 6.42 Å². The van der Waals surface area contributed by atoms with E-state index in [-0.39, 0.29) is 12.4 Å². The standard InChI is InChI=1S/C22H19FN2O3/c1-25-18(5-3-4-14-26)19(15-6-8-17(23)9-7-15)20(21(25)22(27)28-2)16-10-12-24-13-11-16/h6-13,26H,4,14H2,1-2H3. The molecule has 1 N–H and O–H groups in total. The van der Waals surface area contributed by atoms with Crippen LogP contribution in [-0.4, -0.2) is 34.3 Å². The Morgan fingerprint density at radius 3 is 2.39 bits per heavy atom. The number of aliphatic hydroxyl groups is 1. The van der Waals surface area contributed by atoms with Gasteiger partial charge in [0, 0.05) is 37.0 Å². The van der Waals surface area contributed by atoms with Gasteiger partial charge in [0.2, 0.25) is 0 Å². The molecule has 0 aliphatic heterocycles. The lowest BCUT2D eigenvalue weighted by Gasteiger charge is -2.08. The van der Waals surface area contributed by atoms with E-state index in [2.05, 4.69) is 16.8 Å². The highest BCUT2D eigenvalue weighted by molar-refractivity contribution is 6.03. The topological polar surface area (TPSA) is 64.3 Å². The molecule has 0 atom stereocenters. The van der Waals surface area contributed by atoms with Crippen molar-refractivity contribution in [1.82, 2.24) is 9.55 Å². The number of aliphatic hydroxyl groups excluding tert-OH is 1. The zero-order valence-electron chi connectivity index (χ0n) is 15.6. The van der Waals surface area contributed by atoms with Crippen LogP contribution in [0.3, 0.4) is 0 Å². The molecule has 6 heteroatoms. The number of carbonyl (C=O) groups excluding carboxylic acids is 1. The molecule has 0 saturated heterocycles. The summed E-state index contributed by atoms with van der Waals surface area (Å²) in [5, 5.41) is 9.06. The quantitative estimate of drug-likeness (QED) is 0.558. The predicted octanol–water partition coefficient (Wildman–Crippen LogP) is 3.41. The second-order valence-electron chi connectivity index (χ2n) is 6.02. The van der Waals surface area contributed by atoms with Crippen LogP contribution in [0.15, 0.2) is 48.8 Å². The second-order valence-corrected chi connectivity index (χ2v) is 6.02. The largest absolute Gasteiger partial charge is 0.464 e. The van der Waals surface area contributed by atoms with E-state index in [1.54, 1.807) is 48.3 Å². The minimum absolute atomic E-state index is 0.0651. The summed E-state index contributed by atoms with van der Waals surface area (Å²) in [6.45, 7) is -0.0651. The van der Waals surface area contributed by atoms with E-state index in [9.17, 15) is 9.18 Å². The van der Waals surface area contributed by atoms with Crippen molar-refractivity contribution in [3.8, 4) is 34.1 Å². The summed E-state index contributed by atoms with van der Waals surface area (Å²) < 4.78 is 20.2. The van der Waals surface area contributed by atoms with Crippen LogP contribution in [0.4, 0.5) is 4.39 Å². The van der Waals surface area contributed by atoms with Crippen LogP contribution in [0, 0.1) is 17.7 Å².